The molecule has 212 valence electrons. The minimum Gasteiger partial charge on any atom is -0.474 e. The largest absolute Gasteiger partial charge is 0.474 e. The highest BCUT2D eigenvalue weighted by Gasteiger charge is 2.25. The van der Waals surface area contributed by atoms with Crippen molar-refractivity contribution in [3.05, 3.63) is 41.7 Å². The van der Waals surface area contributed by atoms with Gasteiger partial charge in [-0.15, -0.1) is 12.8 Å². The zero-order valence-corrected chi connectivity index (χ0v) is 24.3. The summed E-state index contributed by atoms with van der Waals surface area (Å²) in [6, 6.07) is 8.95. The number of rotatable bonds is 7. The van der Waals surface area contributed by atoms with Gasteiger partial charge in [0.2, 0.25) is 5.88 Å². The summed E-state index contributed by atoms with van der Waals surface area (Å²) in [5.74, 6) is 2.59. The molecule has 2 N–H and O–H groups in total. The predicted octanol–water partition coefficient (Wildman–Crippen LogP) is 4.59. The maximum Gasteiger partial charge on any atom is 0.225 e. The predicted molar refractivity (Wildman–Crippen MR) is 164 cm³/mol. The van der Waals surface area contributed by atoms with Gasteiger partial charge < -0.3 is 29.3 Å². The number of terminal acetylenes is 1. The molecule has 3 aromatic rings. The number of fused-ring (bicyclic) bond motifs is 2. The summed E-state index contributed by atoms with van der Waals surface area (Å²) in [6.45, 7) is 5.15. The van der Waals surface area contributed by atoms with Gasteiger partial charge in [0, 0.05) is 56.7 Å². The molecule has 2 aliphatic heterocycles. The van der Waals surface area contributed by atoms with Gasteiger partial charge in [0.05, 0.1) is 36.0 Å². The Labute approximate surface area is 241 Å². The van der Waals surface area contributed by atoms with E-state index in [1.54, 1.807) is 11.9 Å². The smallest absolute Gasteiger partial charge is 0.225 e. The Hall–Kier alpha value is -3.26. The highest BCUT2D eigenvalue weighted by molar-refractivity contribution is 7.99. The van der Waals surface area contributed by atoms with Crippen LogP contribution in [-0.4, -0.2) is 78.1 Å². The summed E-state index contributed by atoms with van der Waals surface area (Å²) in [5, 5.41) is 4.64. The summed E-state index contributed by atoms with van der Waals surface area (Å²) in [4.78, 5) is 19.3. The average Bonchev–Trinajstić information content (AvgIpc) is 3.00. The van der Waals surface area contributed by atoms with E-state index < -0.39 is 0 Å². The first kappa shape index (κ1) is 28.3. The van der Waals surface area contributed by atoms with E-state index in [1.165, 1.54) is 11.3 Å². The van der Waals surface area contributed by atoms with E-state index in [2.05, 4.69) is 64.0 Å². The first-order valence-corrected chi connectivity index (χ1v) is 15.2. The number of pyridine rings is 3. The summed E-state index contributed by atoms with van der Waals surface area (Å²) in [5.41, 5.74) is 4.45. The van der Waals surface area contributed by atoms with Crippen LogP contribution in [0, 0.1) is 12.8 Å². The van der Waals surface area contributed by atoms with Crippen molar-refractivity contribution in [3.63, 3.8) is 0 Å². The van der Waals surface area contributed by atoms with Crippen LogP contribution in [0.15, 0.2) is 30.5 Å². The van der Waals surface area contributed by atoms with Crippen LogP contribution >= 0.6 is 11.9 Å². The van der Waals surface area contributed by atoms with Gasteiger partial charge in [0.1, 0.15) is 17.7 Å². The maximum atomic E-state index is 6.62. The van der Waals surface area contributed by atoms with Crippen molar-refractivity contribution in [2.75, 3.05) is 61.1 Å². The average molecular weight is 562 g/mol. The molecule has 2 fully saturated rings. The molecule has 1 saturated heterocycles. The summed E-state index contributed by atoms with van der Waals surface area (Å²) >= 11 is 1.55. The number of hydrogen-bond acceptors (Lipinski definition) is 10. The van der Waals surface area contributed by atoms with Crippen LogP contribution < -0.4 is 19.7 Å². The Morgan fingerprint density at radius 2 is 1.85 bits per heavy atom. The van der Waals surface area contributed by atoms with Gasteiger partial charge in [-0.3, -0.25) is 4.98 Å². The second-order valence-corrected chi connectivity index (χ2v) is 11.1. The van der Waals surface area contributed by atoms with E-state index in [0.717, 1.165) is 86.5 Å². The Morgan fingerprint density at radius 1 is 1.05 bits per heavy atom. The molecule has 6 rings (SSSR count). The summed E-state index contributed by atoms with van der Waals surface area (Å²) in [6.07, 6.45) is 17.1. The highest BCUT2D eigenvalue weighted by atomic mass is 32.2. The van der Waals surface area contributed by atoms with Gasteiger partial charge in [-0.1, -0.05) is 18.0 Å². The molecular formula is C30H39N7O2S. The van der Waals surface area contributed by atoms with E-state index in [0.29, 0.717) is 25.1 Å². The lowest BCUT2D eigenvalue weighted by Crippen LogP contribution is -2.37. The number of nitrogens with one attached hydrogen (secondary N) is 2. The quantitative estimate of drug-likeness (QED) is 0.315. The molecule has 3 aliphatic rings. The van der Waals surface area contributed by atoms with E-state index in [-0.39, 0.29) is 6.10 Å². The minimum atomic E-state index is 0.132. The second-order valence-electron chi connectivity index (χ2n) is 10.5. The van der Waals surface area contributed by atoms with E-state index in [4.69, 9.17) is 24.4 Å². The fraction of sp³-hybridized carbons (Fsp3) is 0.500. The molecule has 0 spiro atoms. The van der Waals surface area contributed by atoms with Crippen molar-refractivity contribution in [1.29, 1.82) is 0 Å². The Bertz CT molecular complexity index is 1310. The number of likely N-dealkylation sites (N-methyl/N-ethyl adjacent to an activating group) is 1. The molecule has 10 heteroatoms. The van der Waals surface area contributed by atoms with E-state index in [1.807, 2.05) is 12.5 Å². The number of aromatic nitrogens is 3. The highest BCUT2D eigenvalue weighted by Crippen LogP contribution is 2.33. The number of anilines is 3. The fourth-order valence-corrected chi connectivity index (χ4v) is 5.98. The first-order chi connectivity index (χ1) is 19.6. The standard InChI is InChI=1S/C28H37N7O2S.C2H2/c1-34-10-9-24-19(18-34)3-8-26(31-24)30-20-4-6-22(7-5-20)37-28-23-15-21(33-38-2)17-29-25(23)16-27(32-28)35-11-13-36-14-12-35;1-2/h3,8,15-17,20,22,33H,4-7,9-14,18H2,1-2H3,(H,30,31);1-2H. The molecule has 0 bridgehead atoms. The van der Waals surface area contributed by atoms with E-state index >= 15 is 0 Å². The van der Waals surface area contributed by atoms with Gasteiger partial charge in [0.25, 0.3) is 0 Å². The molecule has 1 saturated carbocycles. The Kier molecular flexibility index (Phi) is 9.47. The molecule has 0 radical (unpaired) electrons. The molecule has 1 aliphatic carbocycles. The van der Waals surface area contributed by atoms with Crippen molar-refractivity contribution in [2.45, 2.75) is 50.8 Å². The molecule has 3 aromatic heterocycles. The van der Waals surface area contributed by atoms with Gasteiger partial charge in [-0.25, -0.2) is 4.98 Å². The van der Waals surface area contributed by atoms with Crippen LogP contribution in [0.3, 0.4) is 0 Å². The molecule has 0 aromatic carbocycles. The molecule has 0 amide bonds. The van der Waals surface area contributed by atoms with Gasteiger partial charge in [-0.2, -0.15) is 4.98 Å². The third kappa shape index (κ3) is 6.72. The zero-order chi connectivity index (χ0) is 27.9. The minimum absolute atomic E-state index is 0.132. The SMILES string of the molecule is C#C.CSNc1cnc2cc(N3CCOCC3)nc(OC3CCC(Nc4ccc5c(n4)CCN(C)C5)CC3)c2c1. The van der Waals surface area contributed by atoms with Crippen molar-refractivity contribution in [2.24, 2.45) is 0 Å². The van der Waals surface area contributed by atoms with Crippen LogP contribution in [0.5, 0.6) is 5.88 Å². The third-order valence-electron chi connectivity index (χ3n) is 7.73. The maximum absolute atomic E-state index is 6.62. The molecular weight excluding hydrogens is 522 g/mol. The van der Waals surface area contributed by atoms with Gasteiger partial charge >= 0.3 is 0 Å². The summed E-state index contributed by atoms with van der Waals surface area (Å²) < 4.78 is 15.5. The van der Waals surface area contributed by atoms with Crippen LogP contribution in [0.4, 0.5) is 17.3 Å². The third-order valence-corrected chi connectivity index (χ3v) is 8.17. The lowest BCUT2D eigenvalue weighted by molar-refractivity contribution is 0.122. The van der Waals surface area contributed by atoms with Gasteiger partial charge in [-0.05, 0) is 50.4 Å². The van der Waals surface area contributed by atoms with Crippen molar-refractivity contribution < 1.29 is 9.47 Å². The fourth-order valence-electron chi connectivity index (χ4n) is 5.63. The van der Waals surface area contributed by atoms with Crippen molar-refractivity contribution in [1.82, 2.24) is 19.9 Å². The number of hydrogen-bond donors (Lipinski definition) is 2. The number of morpholine rings is 1. The lowest BCUT2D eigenvalue weighted by Gasteiger charge is -2.31. The molecule has 0 unspecified atom stereocenters. The Balaban J connectivity index is 0.00000158. The number of ether oxygens (including phenoxy) is 2. The zero-order valence-electron chi connectivity index (χ0n) is 23.4. The molecule has 9 nitrogen and oxygen atoms in total. The van der Waals surface area contributed by atoms with Crippen LogP contribution in [0.25, 0.3) is 10.9 Å². The van der Waals surface area contributed by atoms with Crippen molar-refractivity contribution >= 4 is 40.2 Å². The van der Waals surface area contributed by atoms with Crippen LogP contribution in [0.2, 0.25) is 0 Å². The lowest BCUT2D eigenvalue weighted by atomic mass is 9.93. The molecule has 0 atom stereocenters. The normalized spacial score (nSPS) is 21.1. The van der Waals surface area contributed by atoms with Crippen LogP contribution in [-0.2, 0) is 17.7 Å². The van der Waals surface area contributed by atoms with Gasteiger partial charge in [0.15, 0.2) is 0 Å². The molecule has 5 heterocycles. The second kappa shape index (κ2) is 13.4. The Morgan fingerprint density at radius 3 is 2.62 bits per heavy atom. The molecule has 40 heavy (non-hydrogen) atoms. The van der Waals surface area contributed by atoms with E-state index in [9.17, 15) is 0 Å². The summed E-state index contributed by atoms with van der Waals surface area (Å²) in [7, 11) is 2.17. The van der Waals surface area contributed by atoms with Crippen molar-refractivity contribution in [3.8, 4) is 18.7 Å². The topological polar surface area (TPSA) is 87.7 Å². The first-order valence-electron chi connectivity index (χ1n) is 14.0. The van der Waals surface area contributed by atoms with Crippen LogP contribution in [0.1, 0.15) is 36.9 Å². The monoisotopic (exact) mass is 561 g/mol. The number of nitrogens with zero attached hydrogens (tertiary/aromatic N) is 5.